The van der Waals surface area contributed by atoms with E-state index in [1.54, 1.807) is 24.3 Å². The molecule has 1 N–H and O–H groups in total. The first-order valence-corrected chi connectivity index (χ1v) is 8.43. The Morgan fingerprint density at radius 2 is 1.81 bits per heavy atom. The SMILES string of the molecule is COc1cc(/C=C/C(=O)OCC(=O)Nc2ccc(C)cc2)cc(Cl)c1OC. The Morgan fingerprint density at radius 1 is 1.11 bits per heavy atom. The Balaban J connectivity index is 1.90. The van der Waals surface area contributed by atoms with Crippen molar-refractivity contribution in [3.05, 3.63) is 58.6 Å². The Kier molecular flexibility index (Phi) is 7.25. The van der Waals surface area contributed by atoms with Crippen molar-refractivity contribution < 1.29 is 23.8 Å². The standard InChI is InChI=1S/C20H20ClNO5/c1-13-4-7-15(8-5-13)22-18(23)12-27-19(24)9-6-14-10-16(21)20(26-3)17(11-14)25-2/h4-11H,12H2,1-3H3,(H,22,23)/b9-6+. The highest BCUT2D eigenvalue weighted by atomic mass is 35.5. The molecule has 0 radical (unpaired) electrons. The molecule has 0 aromatic heterocycles. The highest BCUT2D eigenvalue weighted by molar-refractivity contribution is 6.32. The van der Waals surface area contributed by atoms with Crippen LogP contribution in [0, 0.1) is 6.92 Å². The molecule has 2 aromatic carbocycles. The second kappa shape index (κ2) is 9.64. The zero-order valence-corrected chi connectivity index (χ0v) is 16.0. The third kappa shape index (κ3) is 6.04. The number of aryl methyl sites for hydroxylation is 1. The lowest BCUT2D eigenvalue weighted by Crippen LogP contribution is -2.20. The number of esters is 1. The smallest absolute Gasteiger partial charge is 0.331 e. The monoisotopic (exact) mass is 389 g/mol. The topological polar surface area (TPSA) is 73.9 Å². The normalized spacial score (nSPS) is 10.5. The van der Waals surface area contributed by atoms with Crippen LogP contribution in [-0.2, 0) is 14.3 Å². The molecule has 0 spiro atoms. The lowest BCUT2D eigenvalue weighted by atomic mass is 10.2. The largest absolute Gasteiger partial charge is 0.493 e. The molecular formula is C20H20ClNO5. The molecule has 0 fully saturated rings. The molecule has 0 unspecified atom stereocenters. The minimum absolute atomic E-state index is 0.349. The van der Waals surface area contributed by atoms with Gasteiger partial charge in [-0.2, -0.15) is 0 Å². The van der Waals surface area contributed by atoms with E-state index in [9.17, 15) is 9.59 Å². The minimum Gasteiger partial charge on any atom is -0.493 e. The molecule has 142 valence electrons. The maximum atomic E-state index is 11.8. The fraction of sp³-hybridized carbons (Fsp3) is 0.200. The average Bonchev–Trinajstić information content (AvgIpc) is 2.66. The van der Waals surface area contributed by atoms with E-state index >= 15 is 0 Å². The van der Waals surface area contributed by atoms with E-state index < -0.39 is 11.9 Å². The number of hydrogen-bond donors (Lipinski definition) is 1. The van der Waals surface area contributed by atoms with Crippen LogP contribution in [0.3, 0.4) is 0 Å². The predicted molar refractivity (Wildman–Crippen MR) is 104 cm³/mol. The van der Waals surface area contributed by atoms with Crippen LogP contribution in [0.5, 0.6) is 11.5 Å². The summed E-state index contributed by atoms with van der Waals surface area (Å²) in [6.07, 6.45) is 2.71. The second-order valence-electron chi connectivity index (χ2n) is 5.59. The van der Waals surface area contributed by atoms with Crippen LogP contribution in [0.2, 0.25) is 5.02 Å². The molecule has 1 amide bonds. The van der Waals surface area contributed by atoms with Crippen molar-refractivity contribution >= 4 is 35.2 Å². The van der Waals surface area contributed by atoms with Gasteiger partial charge in [-0.05, 0) is 42.8 Å². The summed E-state index contributed by atoms with van der Waals surface area (Å²) in [5, 5.41) is 2.99. The number of ether oxygens (including phenoxy) is 3. The van der Waals surface area contributed by atoms with Gasteiger partial charge in [-0.15, -0.1) is 0 Å². The maximum absolute atomic E-state index is 11.8. The Bertz CT molecular complexity index is 846. The molecule has 27 heavy (non-hydrogen) atoms. The van der Waals surface area contributed by atoms with Gasteiger partial charge in [0.15, 0.2) is 18.1 Å². The number of anilines is 1. The number of halogens is 1. The van der Waals surface area contributed by atoms with Gasteiger partial charge >= 0.3 is 5.97 Å². The number of carbonyl (C=O) groups excluding carboxylic acids is 2. The first kappa shape index (κ1) is 20.3. The van der Waals surface area contributed by atoms with Crippen LogP contribution in [0.1, 0.15) is 11.1 Å². The van der Waals surface area contributed by atoms with E-state index in [1.165, 1.54) is 26.4 Å². The molecule has 2 rings (SSSR count). The molecule has 0 aliphatic carbocycles. The van der Waals surface area contributed by atoms with E-state index in [0.717, 1.165) is 5.56 Å². The summed E-state index contributed by atoms with van der Waals surface area (Å²) >= 11 is 6.11. The number of nitrogens with one attached hydrogen (secondary N) is 1. The van der Waals surface area contributed by atoms with E-state index in [0.29, 0.717) is 27.8 Å². The number of rotatable bonds is 7. The van der Waals surface area contributed by atoms with Gasteiger partial charge in [0, 0.05) is 11.8 Å². The molecule has 0 aliphatic rings. The Morgan fingerprint density at radius 3 is 2.44 bits per heavy atom. The van der Waals surface area contributed by atoms with Crippen molar-refractivity contribution in [1.82, 2.24) is 0 Å². The highest BCUT2D eigenvalue weighted by Crippen LogP contribution is 2.36. The predicted octanol–water partition coefficient (Wildman–Crippen LogP) is 3.86. The number of benzene rings is 2. The molecule has 0 atom stereocenters. The minimum atomic E-state index is -0.653. The van der Waals surface area contributed by atoms with Crippen LogP contribution < -0.4 is 14.8 Å². The summed E-state index contributed by atoms with van der Waals surface area (Å²) in [4.78, 5) is 23.6. The van der Waals surface area contributed by atoms with Crippen molar-refractivity contribution in [3.8, 4) is 11.5 Å². The molecule has 0 heterocycles. The molecular weight excluding hydrogens is 370 g/mol. The number of amides is 1. The summed E-state index contributed by atoms with van der Waals surface area (Å²) in [5.41, 5.74) is 2.34. The molecule has 2 aromatic rings. The van der Waals surface area contributed by atoms with Gasteiger partial charge in [0.25, 0.3) is 5.91 Å². The van der Waals surface area contributed by atoms with Gasteiger partial charge in [0.05, 0.1) is 19.2 Å². The fourth-order valence-corrected chi connectivity index (χ4v) is 2.51. The number of carbonyl (C=O) groups is 2. The van der Waals surface area contributed by atoms with Crippen molar-refractivity contribution in [2.45, 2.75) is 6.92 Å². The third-order valence-electron chi connectivity index (χ3n) is 3.55. The van der Waals surface area contributed by atoms with Gasteiger partial charge in [0.1, 0.15) is 0 Å². The quantitative estimate of drug-likeness (QED) is 0.575. The molecule has 0 bridgehead atoms. The van der Waals surface area contributed by atoms with Crippen LogP contribution in [-0.4, -0.2) is 32.7 Å². The number of methoxy groups -OCH3 is 2. The summed E-state index contributed by atoms with van der Waals surface area (Å²) in [6.45, 7) is 1.56. The maximum Gasteiger partial charge on any atom is 0.331 e. The highest BCUT2D eigenvalue weighted by Gasteiger charge is 2.10. The lowest BCUT2D eigenvalue weighted by molar-refractivity contribution is -0.142. The van der Waals surface area contributed by atoms with Gasteiger partial charge in [-0.25, -0.2) is 4.79 Å². The first-order valence-electron chi connectivity index (χ1n) is 8.06. The van der Waals surface area contributed by atoms with Crippen molar-refractivity contribution in [2.75, 3.05) is 26.1 Å². The summed E-state index contributed by atoms with van der Waals surface area (Å²) in [6, 6.07) is 10.6. The fourth-order valence-electron chi connectivity index (χ4n) is 2.22. The number of hydrogen-bond acceptors (Lipinski definition) is 5. The summed E-state index contributed by atoms with van der Waals surface area (Å²) in [7, 11) is 2.97. The van der Waals surface area contributed by atoms with Gasteiger partial charge in [-0.1, -0.05) is 29.3 Å². The van der Waals surface area contributed by atoms with Crippen molar-refractivity contribution in [1.29, 1.82) is 0 Å². The van der Waals surface area contributed by atoms with Crippen LogP contribution in [0.4, 0.5) is 5.69 Å². The van der Waals surface area contributed by atoms with E-state index in [1.807, 2.05) is 19.1 Å². The molecule has 0 aliphatic heterocycles. The zero-order valence-electron chi connectivity index (χ0n) is 15.2. The van der Waals surface area contributed by atoms with Gasteiger partial charge < -0.3 is 19.5 Å². The first-order chi connectivity index (χ1) is 12.9. The van der Waals surface area contributed by atoms with E-state index in [-0.39, 0.29) is 6.61 Å². The molecule has 0 saturated carbocycles. The van der Waals surface area contributed by atoms with Gasteiger partial charge in [-0.3, -0.25) is 4.79 Å². The van der Waals surface area contributed by atoms with Gasteiger partial charge in [0.2, 0.25) is 0 Å². The van der Waals surface area contributed by atoms with Crippen molar-refractivity contribution in [2.24, 2.45) is 0 Å². The lowest BCUT2D eigenvalue weighted by Gasteiger charge is -2.10. The Hall–Kier alpha value is -2.99. The average molecular weight is 390 g/mol. The second-order valence-corrected chi connectivity index (χ2v) is 6.00. The molecule has 6 nitrogen and oxygen atoms in total. The van der Waals surface area contributed by atoms with E-state index in [4.69, 9.17) is 25.8 Å². The van der Waals surface area contributed by atoms with Crippen LogP contribution in [0.15, 0.2) is 42.5 Å². The Labute approximate surface area is 162 Å². The zero-order chi connectivity index (χ0) is 19.8. The molecule has 0 saturated heterocycles. The van der Waals surface area contributed by atoms with E-state index in [2.05, 4.69) is 5.32 Å². The molecule has 7 heteroatoms. The third-order valence-corrected chi connectivity index (χ3v) is 3.83. The van der Waals surface area contributed by atoms with Crippen molar-refractivity contribution in [3.63, 3.8) is 0 Å². The summed E-state index contributed by atoms with van der Waals surface area (Å²) < 4.78 is 15.3. The summed E-state index contributed by atoms with van der Waals surface area (Å²) in [5.74, 6) is -0.225. The van der Waals surface area contributed by atoms with Crippen LogP contribution >= 0.6 is 11.6 Å². The van der Waals surface area contributed by atoms with Crippen LogP contribution in [0.25, 0.3) is 6.08 Å².